The van der Waals surface area contributed by atoms with Gasteiger partial charge in [0.2, 0.25) is 0 Å². The van der Waals surface area contributed by atoms with Crippen molar-refractivity contribution in [3.05, 3.63) is 0 Å². The third kappa shape index (κ3) is 10.4. The first-order valence-corrected chi connectivity index (χ1v) is 8.70. The van der Waals surface area contributed by atoms with E-state index in [9.17, 15) is 14.7 Å². The Kier molecular flexibility index (Phi) is 8.90. The lowest BCUT2D eigenvalue weighted by atomic mass is 10.1. The molecule has 0 saturated carbocycles. The Morgan fingerprint density at radius 3 is 2.04 bits per heavy atom. The van der Waals surface area contributed by atoms with Gasteiger partial charge in [-0.3, -0.25) is 0 Å². The summed E-state index contributed by atoms with van der Waals surface area (Å²) in [6.07, 6.45) is -0.297. The molecule has 0 aliphatic rings. The van der Waals surface area contributed by atoms with Crippen LogP contribution in [0.1, 0.15) is 54.4 Å². The molecule has 0 spiro atoms. The highest BCUT2D eigenvalue weighted by Crippen LogP contribution is 2.14. The fraction of sp³-hybridized carbons (Fsp3) is 0.867. The maximum Gasteiger partial charge on any atom is 0.429 e. The van der Waals surface area contributed by atoms with Gasteiger partial charge in [0.25, 0.3) is 0 Å². The van der Waals surface area contributed by atoms with Crippen molar-refractivity contribution in [1.29, 1.82) is 0 Å². The van der Waals surface area contributed by atoms with Crippen molar-refractivity contribution in [2.75, 3.05) is 11.9 Å². The molecule has 0 fully saturated rings. The second-order valence-electron chi connectivity index (χ2n) is 7.13. The molecule has 2 amide bonds. The highest BCUT2D eigenvalue weighted by molar-refractivity contribution is 9.09. The minimum absolute atomic E-state index is 0.304. The number of halogens is 1. The summed E-state index contributed by atoms with van der Waals surface area (Å²) in [6.45, 7) is 10.0. The Hall–Kier alpha value is -1.02. The Labute approximate surface area is 146 Å². The first kappa shape index (κ1) is 22.0. The molecule has 0 aromatic heterocycles. The maximum atomic E-state index is 12.3. The Morgan fingerprint density at radius 1 is 1.13 bits per heavy atom. The minimum Gasteiger partial charge on any atom is -0.443 e. The average molecular weight is 397 g/mol. The van der Waals surface area contributed by atoms with E-state index in [-0.39, 0.29) is 6.61 Å². The van der Waals surface area contributed by atoms with E-state index in [2.05, 4.69) is 21.4 Å². The van der Waals surface area contributed by atoms with Crippen molar-refractivity contribution in [2.24, 2.45) is 0 Å². The zero-order chi connectivity index (χ0) is 18.3. The van der Waals surface area contributed by atoms with Crippen LogP contribution < -0.4 is 5.43 Å². The quantitative estimate of drug-likeness (QED) is 0.550. The number of alkyl halides is 1. The first-order valence-electron chi connectivity index (χ1n) is 7.58. The van der Waals surface area contributed by atoms with Crippen LogP contribution in [0.5, 0.6) is 0 Å². The van der Waals surface area contributed by atoms with Crippen LogP contribution in [0.15, 0.2) is 0 Å². The van der Waals surface area contributed by atoms with Crippen LogP contribution in [0.4, 0.5) is 9.59 Å². The van der Waals surface area contributed by atoms with Crippen LogP contribution in [-0.2, 0) is 9.47 Å². The highest BCUT2D eigenvalue weighted by atomic mass is 79.9. The number of hydrogen-bond acceptors (Lipinski definition) is 5. The summed E-state index contributed by atoms with van der Waals surface area (Å²) in [5.74, 6) is 0. The molecule has 7 nitrogen and oxygen atoms in total. The Balaban J connectivity index is 5.11. The van der Waals surface area contributed by atoms with Gasteiger partial charge in [0, 0.05) is 5.33 Å². The number of ether oxygens (including phenoxy) is 2. The molecule has 8 heteroatoms. The fourth-order valence-corrected chi connectivity index (χ4v) is 1.93. The summed E-state index contributed by atoms with van der Waals surface area (Å²) in [6, 6.07) is -0.602. The topological polar surface area (TPSA) is 88.1 Å². The van der Waals surface area contributed by atoms with Gasteiger partial charge in [-0.05, 0) is 54.4 Å². The van der Waals surface area contributed by atoms with E-state index in [1.807, 2.05) is 0 Å². The minimum atomic E-state index is -0.777. The van der Waals surface area contributed by atoms with Gasteiger partial charge >= 0.3 is 12.2 Å². The first-order chi connectivity index (χ1) is 10.4. The monoisotopic (exact) mass is 396 g/mol. The van der Waals surface area contributed by atoms with Gasteiger partial charge in [0.05, 0.1) is 12.6 Å². The number of hydrogen-bond donors (Lipinski definition) is 2. The molecule has 0 aromatic carbocycles. The molecule has 1 atom stereocenters. The molecule has 0 aromatic rings. The summed E-state index contributed by atoms with van der Waals surface area (Å²) < 4.78 is 10.4. The highest BCUT2D eigenvalue weighted by Gasteiger charge is 2.31. The van der Waals surface area contributed by atoms with Gasteiger partial charge in [-0.2, -0.15) is 0 Å². The zero-order valence-electron chi connectivity index (χ0n) is 14.8. The summed E-state index contributed by atoms with van der Waals surface area (Å²) in [5.41, 5.74) is 0.956. The van der Waals surface area contributed by atoms with Crippen LogP contribution >= 0.6 is 15.9 Å². The molecule has 0 saturated heterocycles. The van der Waals surface area contributed by atoms with E-state index in [1.165, 1.54) is 0 Å². The number of nitrogens with one attached hydrogen (secondary N) is 1. The zero-order valence-corrected chi connectivity index (χ0v) is 16.4. The largest absolute Gasteiger partial charge is 0.443 e. The number of amides is 2. The van der Waals surface area contributed by atoms with E-state index in [4.69, 9.17) is 9.47 Å². The standard InChI is InChI=1S/C15H29BrN2O5/c1-14(2,3)22-12(20)17-18(11(10-19)8-7-9-16)13(21)23-15(4,5)6/h11,19H,7-10H2,1-6H3,(H,17,20)/t11-/m0/s1. The number of carbonyl (C=O) groups is 2. The number of aliphatic hydroxyl groups is 1. The lowest BCUT2D eigenvalue weighted by molar-refractivity contribution is -0.0176. The van der Waals surface area contributed by atoms with Gasteiger partial charge in [-0.25, -0.2) is 20.0 Å². The predicted molar refractivity (Wildman–Crippen MR) is 91.3 cm³/mol. The number of carbonyl (C=O) groups excluding carboxylic acids is 2. The molecule has 0 heterocycles. The summed E-state index contributed by atoms with van der Waals surface area (Å²) in [7, 11) is 0. The molecular formula is C15H29BrN2O5. The van der Waals surface area contributed by atoms with Crippen molar-refractivity contribution in [3.63, 3.8) is 0 Å². The van der Waals surface area contributed by atoms with Crippen LogP contribution in [0.25, 0.3) is 0 Å². The lowest BCUT2D eigenvalue weighted by Crippen LogP contribution is -2.55. The molecular weight excluding hydrogens is 368 g/mol. The second kappa shape index (κ2) is 9.32. The molecule has 0 aliphatic heterocycles. The van der Waals surface area contributed by atoms with E-state index in [1.54, 1.807) is 41.5 Å². The van der Waals surface area contributed by atoms with E-state index in [0.717, 1.165) is 16.8 Å². The van der Waals surface area contributed by atoms with Crippen LogP contribution in [0, 0.1) is 0 Å². The van der Waals surface area contributed by atoms with E-state index in [0.29, 0.717) is 6.42 Å². The third-order valence-electron chi connectivity index (χ3n) is 2.45. The summed E-state index contributed by atoms with van der Waals surface area (Å²) >= 11 is 3.30. The van der Waals surface area contributed by atoms with E-state index >= 15 is 0 Å². The Bertz CT molecular complexity index is 390. The smallest absolute Gasteiger partial charge is 0.429 e. The molecule has 0 rings (SSSR count). The Morgan fingerprint density at radius 2 is 1.65 bits per heavy atom. The average Bonchev–Trinajstić information content (AvgIpc) is 2.33. The molecule has 0 bridgehead atoms. The van der Waals surface area contributed by atoms with Crippen molar-refractivity contribution in [3.8, 4) is 0 Å². The van der Waals surface area contributed by atoms with Crippen LogP contribution in [0.2, 0.25) is 0 Å². The lowest BCUT2D eigenvalue weighted by Gasteiger charge is -2.33. The molecule has 0 unspecified atom stereocenters. The summed E-state index contributed by atoms with van der Waals surface area (Å²) in [4.78, 5) is 24.3. The normalized spacial score (nSPS) is 13.2. The number of aliphatic hydroxyl groups excluding tert-OH is 1. The molecule has 0 radical (unpaired) electrons. The van der Waals surface area contributed by atoms with Gasteiger partial charge in [0.1, 0.15) is 11.2 Å². The molecule has 2 N–H and O–H groups in total. The van der Waals surface area contributed by atoms with Gasteiger partial charge in [-0.15, -0.1) is 0 Å². The third-order valence-corrected chi connectivity index (χ3v) is 3.01. The van der Waals surface area contributed by atoms with Crippen molar-refractivity contribution < 1.29 is 24.2 Å². The molecule has 136 valence electrons. The van der Waals surface area contributed by atoms with Crippen molar-refractivity contribution >= 4 is 28.1 Å². The SMILES string of the molecule is CC(C)(C)OC(=O)NN(C(=O)OC(C)(C)C)[C@H](CO)CCCBr. The van der Waals surface area contributed by atoms with Crippen LogP contribution in [0.3, 0.4) is 0 Å². The van der Waals surface area contributed by atoms with Gasteiger partial charge in [0.15, 0.2) is 0 Å². The van der Waals surface area contributed by atoms with Gasteiger partial charge in [-0.1, -0.05) is 15.9 Å². The maximum absolute atomic E-state index is 12.3. The number of hydrazine groups is 1. The van der Waals surface area contributed by atoms with Gasteiger partial charge < -0.3 is 14.6 Å². The van der Waals surface area contributed by atoms with Crippen LogP contribution in [-0.4, -0.2) is 51.5 Å². The second-order valence-corrected chi connectivity index (χ2v) is 7.92. The number of nitrogens with zero attached hydrogens (tertiary/aromatic N) is 1. The van der Waals surface area contributed by atoms with E-state index < -0.39 is 29.4 Å². The summed E-state index contributed by atoms with van der Waals surface area (Å²) in [5, 5.41) is 11.3. The van der Waals surface area contributed by atoms with Crippen molar-refractivity contribution in [2.45, 2.75) is 71.6 Å². The fourth-order valence-electron chi connectivity index (χ4n) is 1.61. The number of rotatable bonds is 5. The predicted octanol–water partition coefficient (Wildman–Crippen LogP) is 3.20. The molecule has 0 aliphatic carbocycles. The van der Waals surface area contributed by atoms with Crippen molar-refractivity contribution in [1.82, 2.24) is 10.4 Å². The molecule has 23 heavy (non-hydrogen) atoms.